The fourth-order valence-electron chi connectivity index (χ4n) is 3.55. The zero-order valence-electron chi connectivity index (χ0n) is 14.0. The summed E-state index contributed by atoms with van der Waals surface area (Å²) in [6.45, 7) is 0.483. The summed E-state index contributed by atoms with van der Waals surface area (Å²) in [5, 5.41) is 0.418. The van der Waals surface area contributed by atoms with E-state index in [1.54, 1.807) is 17.0 Å². The van der Waals surface area contributed by atoms with Gasteiger partial charge in [-0.15, -0.1) is 0 Å². The van der Waals surface area contributed by atoms with Gasteiger partial charge in [-0.3, -0.25) is 9.59 Å². The molecule has 7 nitrogen and oxygen atoms in total. The predicted molar refractivity (Wildman–Crippen MR) is 92.4 cm³/mol. The Kier molecular flexibility index (Phi) is 4.45. The van der Waals surface area contributed by atoms with E-state index in [1.165, 1.54) is 25.1 Å². The molecular formula is C16H19ClN2O5S. The summed E-state index contributed by atoms with van der Waals surface area (Å²) in [6.07, 6.45) is 0.401. The monoisotopic (exact) mass is 386 g/mol. The second-order valence-corrected chi connectivity index (χ2v) is 9.01. The summed E-state index contributed by atoms with van der Waals surface area (Å²) in [5.41, 5.74) is 0.338. The van der Waals surface area contributed by atoms with Crippen LogP contribution >= 0.6 is 11.6 Å². The molecule has 2 heterocycles. The van der Waals surface area contributed by atoms with Crippen LogP contribution in [0.25, 0.3) is 0 Å². The van der Waals surface area contributed by atoms with Crippen molar-refractivity contribution in [2.24, 2.45) is 0 Å². The number of ether oxygens (including phenoxy) is 1. The molecule has 2 saturated heterocycles. The predicted octanol–water partition coefficient (Wildman–Crippen LogP) is 1.17. The highest BCUT2D eigenvalue weighted by atomic mass is 35.5. The van der Waals surface area contributed by atoms with Gasteiger partial charge in [0.2, 0.25) is 5.91 Å². The Morgan fingerprint density at radius 3 is 2.44 bits per heavy atom. The number of piperidine rings is 1. The first-order valence-electron chi connectivity index (χ1n) is 7.83. The van der Waals surface area contributed by atoms with E-state index in [-0.39, 0.29) is 31.8 Å². The van der Waals surface area contributed by atoms with E-state index >= 15 is 0 Å². The van der Waals surface area contributed by atoms with Crippen LogP contribution in [0.2, 0.25) is 5.02 Å². The van der Waals surface area contributed by atoms with E-state index in [4.69, 9.17) is 16.3 Å². The van der Waals surface area contributed by atoms with Crippen LogP contribution in [-0.4, -0.2) is 67.9 Å². The molecule has 2 aliphatic heterocycles. The van der Waals surface area contributed by atoms with E-state index in [9.17, 15) is 18.0 Å². The number of carbonyl (C=O) groups is 2. The van der Waals surface area contributed by atoms with E-state index in [0.717, 1.165) is 0 Å². The van der Waals surface area contributed by atoms with Gasteiger partial charge in [-0.1, -0.05) is 11.6 Å². The number of amides is 2. The van der Waals surface area contributed by atoms with Crippen molar-refractivity contribution in [3.8, 4) is 5.75 Å². The molecule has 9 heteroatoms. The van der Waals surface area contributed by atoms with E-state index in [0.29, 0.717) is 16.3 Å². The summed E-state index contributed by atoms with van der Waals surface area (Å²) in [4.78, 5) is 26.4. The summed E-state index contributed by atoms with van der Waals surface area (Å²) < 4.78 is 30.1. The van der Waals surface area contributed by atoms with Crippen LogP contribution in [-0.2, 0) is 14.6 Å². The third-order valence-corrected chi connectivity index (χ3v) is 7.80. The van der Waals surface area contributed by atoms with Crippen LogP contribution in [0, 0.1) is 0 Å². The van der Waals surface area contributed by atoms with Crippen molar-refractivity contribution < 1.29 is 22.7 Å². The zero-order valence-corrected chi connectivity index (χ0v) is 15.6. The molecule has 1 aromatic rings. The fourth-order valence-corrected chi connectivity index (χ4v) is 5.84. The topological polar surface area (TPSA) is 84.0 Å². The van der Waals surface area contributed by atoms with Crippen molar-refractivity contribution in [3.63, 3.8) is 0 Å². The number of benzene rings is 1. The maximum Gasteiger partial charge on any atom is 0.257 e. The average Bonchev–Trinajstić information content (AvgIpc) is 2.75. The maximum absolute atomic E-state index is 12.8. The van der Waals surface area contributed by atoms with Crippen molar-refractivity contribution in [1.82, 2.24) is 9.80 Å². The Bertz CT molecular complexity index is 831. The number of methoxy groups -OCH3 is 1. The molecule has 2 amide bonds. The molecule has 0 bridgehead atoms. The van der Waals surface area contributed by atoms with Crippen molar-refractivity contribution in [2.45, 2.75) is 17.7 Å². The number of nitrogens with zero attached hydrogens (tertiary/aromatic N) is 2. The van der Waals surface area contributed by atoms with Crippen molar-refractivity contribution in [2.75, 3.05) is 33.0 Å². The lowest BCUT2D eigenvalue weighted by Crippen LogP contribution is -2.55. The molecule has 0 saturated carbocycles. The molecule has 1 spiro atoms. The minimum Gasteiger partial charge on any atom is -0.496 e. The standard InChI is InChI=1S/C16H19ClN2O5S/c1-18-14(20)10-25(22,23)16(18)5-7-19(8-6-16)15(21)12-9-11(17)3-4-13(12)24-2/h3-4,9H,5-8,10H2,1-2H3. The SMILES string of the molecule is COc1ccc(Cl)cc1C(=O)N1CCC2(CC1)N(C)C(=O)CS2(=O)=O. The van der Waals surface area contributed by atoms with Gasteiger partial charge in [0.1, 0.15) is 16.4 Å². The highest BCUT2D eigenvalue weighted by Crippen LogP contribution is 2.39. The Morgan fingerprint density at radius 1 is 1.28 bits per heavy atom. The van der Waals surface area contributed by atoms with E-state index in [2.05, 4.69) is 0 Å². The first-order chi connectivity index (χ1) is 11.7. The number of halogens is 1. The van der Waals surface area contributed by atoms with Gasteiger partial charge in [-0.05, 0) is 18.2 Å². The van der Waals surface area contributed by atoms with Crippen molar-refractivity contribution >= 4 is 33.3 Å². The average molecular weight is 387 g/mol. The lowest BCUT2D eigenvalue weighted by Gasteiger charge is -2.42. The molecule has 0 N–H and O–H groups in total. The lowest BCUT2D eigenvalue weighted by atomic mass is 10.0. The van der Waals surface area contributed by atoms with Gasteiger partial charge in [-0.25, -0.2) is 8.42 Å². The van der Waals surface area contributed by atoms with Crippen molar-refractivity contribution in [1.29, 1.82) is 0 Å². The molecule has 1 aromatic carbocycles. The first-order valence-corrected chi connectivity index (χ1v) is 9.87. The second-order valence-electron chi connectivity index (χ2n) is 6.29. The molecule has 0 aliphatic carbocycles. The Balaban J connectivity index is 1.82. The summed E-state index contributed by atoms with van der Waals surface area (Å²) in [7, 11) is -0.561. The molecule has 2 fully saturated rings. The summed E-state index contributed by atoms with van der Waals surface area (Å²) in [5.74, 6) is -0.704. The highest BCUT2D eigenvalue weighted by Gasteiger charge is 2.57. The van der Waals surface area contributed by atoms with Crippen LogP contribution in [0.1, 0.15) is 23.2 Å². The Labute approximate surface area is 151 Å². The van der Waals surface area contributed by atoms with Crippen LogP contribution in [0.4, 0.5) is 0 Å². The second kappa shape index (κ2) is 6.17. The molecule has 0 unspecified atom stereocenters. The van der Waals surface area contributed by atoms with Gasteiger partial charge in [0.15, 0.2) is 9.84 Å². The smallest absolute Gasteiger partial charge is 0.257 e. The Hall–Kier alpha value is -1.80. The van der Waals surface area contributed by atoms with Gasteiger partial charge < -0.3 is 14.5 Å². The van der Waals surface area contributed by atoms with Crippen LogP contribution in [0.5, 0.6) is 5.75 Å². The van der Waals surface area contributed by atoms with Crippen LogP contribution in [0.3, 0.4) is 0 Å². The number of hydrogen-bond acceptors (Lipinski definition) is 5. The molecule has 0 atom stereocenters. The number of hydrogen-bond donors (Lipinski definition) is 0. The summed E-state index contributed by atoms with van der Waals surface area (Å²) >= 11 is 5.98. The minimum atomic E-state index is -3.55. The normalized spacial score (nSPS) is 21.6. The molecular weight excluding hydrogens is 368 g/mol. The van der Waals surface area contributed by atoms with Gasteiger partial charge in [0.05, 0.1) is 12.7 Å². The number of rotatable bonds is 2. The molecule has 2 aliphatic rings. The lowest BCUT2D eigenvalue weighted by molar-refractivity contribution is -0.129. The highest BCUT2D eigenvalue weighted by molar-refractivity contribution is 7.93. The summed E-state index contributed by atoms with van der Waals surface area (Å²) in [6, 6.07) is 4.79. The van der Waals surface area contributed by atoms with Gasteiger partial charge in [-0.2, -0.15) is 0 Å². The van der Waals surface area contributed by atoms with E-state index in [1.807, 2.05) is 0 Å². The fraction of sp³-hybridized carbons (Fsp3) is 0.500. The van der Waals surface area contributed by atoms with Gasteiger partial charge in [0.25, 0.3) is 5.91 Å². The van der Waals surface area contributed by atoms with Crippen LogP contribution in [0.15, 0.2) is 18.2 Å². The molecule has 3 rings (SSSR count). The molecule has 0 aromatic heterocycles. The Morgan fingerprint density at radius 2 is 1.92 bits per heavy atom. The third-order valence-electron chi connectivity index (χ3n) is 5.10. The number of sulfone groups is 1. The quantitative estimate of drug-likeness (QED) is 0.761. The largest absolute Gasteiger partial charge is 0.496 e. The molecule has 25 heavy (non-hydrogen) atoms. The third kappa shape index (κ3) is 2.77. The van der Waals surface area contributed by atoms with Crippen molar-refractivity contribution in [3.05, 3.63) is 28.8 Å². The maximum atomic E-state index is 12.8. The first kappa shape index (κ1) is 18.0. The minimum absolute atomic E-state index is 0.201. The van der Waals surface area contributed by atoms with Crippen LogP contribution < -0.4 is 4.74 Å². The van der Waals surface area contributed by atoms with Gasteiger partial charge >= 0.3 is 0 Å². The number of carbonyl (C=O) groups excluding carboxylic acids is 2. The number of likely N-dealkylation sites (tertiary alicyclic amines) is 1. The molecule has 136 valence electrons. The van der Waals surface area contributed by atoms with E-state index < -0.39 is 26.4 Å². The zero-order chi connectivity index (χ0) is 18.4. The van der Waals surface area contributed by atoms with Gasteiger partial charge in [0, 0.05) is 38.0 Å². The molecule has 0 radical (unpaired) electrons.